The molecule has 0 aliphatic rings. The van der Waals surface area contributed by atoms with Crippen molar-refractivity contribution >= 4 is 0 Å². The number of hydrogen-bond donors (Lipinski definition) is 1. The molecule has 0 unspecified atom stereocenters. The quantitative estimate of drug-likeness (QED) is 0.785. The molecule has 2 N–H and O–H groups in total. The highest BCUT2D eigenvalue weighted by atomic mass is 15.1. The van der Waals surface area contributed by atoms with Gasteiger partial charge in [-0.1, -0.05) is 13.8 Å². The maximum absolute atomic E-state index is 6.04. The largest absolute Gasteiger partial charge is 0.327 e. The van der Waals surface area contributed by atoms with Gasteiger partial charge in [0, 0.05) is 25.0 Å². The summed E-state index contributed by atoms with van der Waals surface area (Å²) < 4.78 is 0. The number of rotatable bonds is 7. The first-order chi connectivity index (χ1) is 8.09. The third-order valence-corrected chi connectivity index (χ3v) is 3.23. The van der Waals surface area contributed by atoms with Gasteiger partial charge in [0.15, 0.2) is 0 Å². The Kier molecular flexibility index (Phi) is 6.16. The van der Waals surface area contributed by atoms with E-state index in [2.05, 4.69) is 42.9 Å². The first-order valence-corrected chi connectivity index (χ1v) is 6.42. The topological polar surface area (TPSA) is 42.1 Å². The van der Waals surface area contributed by atoms with Gasteiger partial charge in [-0.3, -0.25) is 4.98 Å². The van der Waals surface area contributed by atoms with Gasteiger partial charge in [-0.2, -0.15) is 0 Å². The summed E-state index contributed by atoms with van der Waals surface area (Å²) in [7, 11) is 2.16. The molecule has 0 bridgehead atoms. The maximum Gasteiger partial charge on any atom is 0.0270 e. The Bertz CT molecular complexity index is 298. The molecule has 0 aromatic carbocycles. The van der Waals surface area contributed by atoms with Crippen LogP contribution >= 0.6 is 0 Å². The number of pyridine rings is 1. The molecule has 0 saturated carbocycles. The first-order valence-electron chi connectivity index (χ1n) is 6.42. The van der Waals surface area contributed by atoms with Crippen molar-refractivity contribution in [2.45, 2.75) is 32.7 Å². The SMILES string of the molecule is CC(C)[C@H](N)CCN(C)CCc1ccncc1. The van der Waals surface area contributed by atoms with E-state index in [0.29, 0.717) is 12.0 Å². The normalized spacial score (nSPS) is 13.3. The number of hydrogen-bond acceptors (Lipinski definition) is 3. The Labute approximate surface area is 105 Å². The minimum Gasteiger partial charge on any atom is -0.327 e. The second-order valence-electron chi connectivity index (χ2n) is 5.11. The fraction of sp³-hybridized carbons (Fsp3) is 0.643. The van der Waals surface area contributed by atoms with E-state index in [-0.39, 0.29) is 0 Å². The summed E-state index contributed by atoms with van der Waals surface area (Å²) in [4.78, 5) is 6.37. The van der Waals surface area contributed by atoms with E-state index in [1.165, 1.54) is 5.56 Å². The molecule has 3 nitrogen and oxygen atoms in total. The van der Waals surface area contributed by atoms with Gasteiger partial charge < -0.3 is 10.6 Å². The van der Waals surface area contributed by atoms with Crippen LogP contribution in [0.1, 0.15) is 25.8 Å². The molecule has 96 valence electrons. The molecule has 1 atom stereocenters. The van der Waals surface area contributed by atoms with E-state index in [1.807, 2.05) is 12.4 Å². The van der Waals surface area contributed by atoms with E-state index < -0.39 is 0 Å². The van der Waals surface area contributed by atoms with Crippen molar-refractivity contribution in [2.24, 2.45) is 11.7 Å². The van der Waals surface area contributed by atoms with Crippen LogP contribution in [0.2, 0.25) is 0 Å². The summed E-state index contributed by atoms with van der Waals surface area (Å²) in [6.07, 6.45) is 5.86. The Hall–Kier alpha value is -0.930. The molecular formula is C14H25N3. The van der Waals surface area contributed by atoms with Crippen LogP contribution in [0.4, 0.5) is 0 Å². The lowest BCUT2D eigenvalue weighted by molar-refractivity contribution is 0.306. The summed E-state index contributed by atoms with van der Waals surface area (Å²) in [5, 5.41) is 0. The first kappa shape index (κ1) is 14.1. The molecule has 1 heterocycles. The van der Waals surface area contributed by atoms with Crippen LogP contribution in [0.25, 0.3) is 0 Å². The van der Waals surface area contributed by atoms with Gasteiger partial charge in [-0.15, -0.1) is 0 Å². The van der Waals surface area contributed by atoms with Crippen LogP contribution in [-0.4, -0.2) is 36.1 Å². The molecule has 0 aliphatic carbocycles. The number of nitrogens with zero attached hydrogens (tertiary/aromatic N) is 2. The molecule has 0 radical (unpaired) electrons. The van der Waals surface area contributed by atoms with Gasteiger partial charge in [-0.25, -0.2) is 0 Å². The van der Waals surface area contributed by atoms with Gasteiger partial charge in [-0.05, 0) is 50.0 Å². The second-order valence-corrected chi connectivity index (χ2v) is 5.11. The molecule has 0 saturated heterocycles. The predicted octanol–water partition coefficient (Wildman–Crippen LogP) is 1.93. The molecule has 3 heteroatoms. The average Bonchev–Trinajstić information content (AvgIpc) is 2.34. The van der Waals surface area contributed by atoms with Crippen molar-refractivity contribution in [2.75, 3.05) is 20.1 Å². The van der Waals surface area contributed by atoms with Crippen LogP contribution in [0, 0.1) is 5.92 Å². The third kappa shape index (κ3) is 5.80. The lowest BCUT2D eigenvalue weighted by atomic mass is 10.0. The second kappa shape index (κ2) is 7.41. The zero-order chi connectivity index (χ0) is 12.7. The van der Waals surface area contributed by atoms with E-state index in [9.17, 15) is 0 Å². The van der Waals surface area contributed by atoms with Crippen LogP contribution in [0.15, 0.2) is 24.5 Å². The summed E-state index contributed by atoms with van der Waals surface area (Å²) >= 11 is 0. The molecule has 1 aromatic heterocycles. The van der Waals surface area contributed by atoms with Crippen molar-refractivity contribution in [3.63, 3.8) is 0 Å². The highest BCUT2D eigenvalue weighted by Gasteiger charge is 2.08. The molecule has 17 heavy (non-hydrogen) atoms. The molecule has 1 rings (SSSR count). The van der Waals surface area contributed by atoms with E-state index in [1.54, 1.807) is 0 Å². The zero-order valence-corrected chi connectivity index (χ0v) is 11.3. The standard InChI is InChI=1S/C14H25N3/c1-12(2)14(15)7-11-17(3)10-6-13-4-8-16-9-5-13/h4-5,8-9,12,14H,6-7,10-11,15H2,1-3H3/t14-/m1/s1. The fourth-order valence-electron chi connectivity index (χ4n) is 1.68. The van der Waals surface area contributed by atoms with Crippen LogP contribution < -0.4 is 5.73 Å². The van der Waals surface area contributed by atoms with Crippen molar-refractivity contribution < 1.29 is 0 Å². The van der Waals surface area contributed by atoms with Crippen molar-refractivity contribution in [3.05, 3.63) is 30.1 Å². The lowest BCUT2D eigenvalue weighted by Gasteiger charge is -2.21. The smallest absolute Gasteiger partial charge is 0.0270 e. The van der Waals surface area contributed by atoms with E-state index >= 15 is 0 Å². The molecule has 0 fully saturated rings. The van der Waals surface area contributed by atoms with Crippen molar-refractivity contribution in [3.8, 4) is 0 Å². The summed E-state index contributed by atoms with van der Waals surface area (Å²) in [6, 6.07) is 4.47. The number of aromatic nitrogens is 1. The van der Waals surface area contributed by atoms with Gasteiger partial charge in [0.1, 0.15) is 0 Å². The van der Waals surface area contributed by atoms with E-state index in [0.717, 1.165) is 25.9 Å². The van der Waals surface area contributed by atoms with Gasteiger partial charge >= 0.3 is 0 Å². The summed E-state index contributed by atoms with van der Waals surface area (Å²) in [6.45, 7) is 6.52. The number of likely N-dealkylation sites (N-methyl/N-ethyl adjacent to an activating group) is 1. The minimum absolute atomic E-state index is 0.318. The highest BCUT2D eigenvalue weighted by Crippen LogP contribution is 2.04. The Morgan fingerprint density at radius 3 is 2.47 bits per heavy atom. The lowest BCUT2D eigenvalue weighted by Crippen LogP contribution is -2.32. The number of nitrogens with two attached hydrogens (primary N) is 1. The molecular weight excluding hydrogens is 210 g/mol. The predicted molar refractivity (Wildman–Crippen MR) is 72.9 cm³/mol. The van der Waals surface area contributed by atoms with Crippen molar-refractivity contribution in [1.29, 1.82) is 0 Å². The fourth-order valence-corrected chi connectivity index (χ4v) is 1.68. The molecule has 1 aromatic rings. The van der Waals surface area contributed by atoms with Gasteiger partial charge in [0.2, 0.25) is 0 Å². The zero-order valence-electron chi connectivity index (χ0n) is 11.3. The summed E-state index contributed by atoms with van der Waals surface area (Å²) in [5.41, 5.74) is 7.38. The van der Waals surface area contributed by atoms with Crippen LogP contribution in [0.3, 0.4) is 0 Å². The Balaban J connectivity index is 2.19. The Morgan fingerprint density at radius 1 is 1.24 bits per heavy atom. The molecule has 0 amide bonds. The van der Waals surface area contributed by atoms with Gasteiger partial charge in [0.05, 0.1) is 0 Å². The molecule has 0 spiro atoms. The van der Waals surface area contributed by atoms with E-state index in [4.69, 9.17) is 5.73 Å². The maximum atomic E-state index is 6.04. The third-order valence-electron chi connectivity index (χ3n) is 3.23. The van der Waals surface area contributed by atoms with Crippen molar-refractivity contribution in [1.82, 2.24) is 9.88 Å². The van der Waals surface area contributed by atoms with Crippen LogP contribution in [0.5, 0.6) is 0 Å². The average molecular weight is 235 g/mol. The van der Waals surface area contributed by atoms with Crippen LogP contribution in [-0.2, 0) is 6.42 Å². The molecule has 0 aliphatic heterocycles. The monoisotopic (exact) mass is 235 g/mol. The highest BCUT2D eigenvalue weighted by molar-refractivity contribution is 5.09. The summed E-state index contributed by atoms with van der Waals surface area (Å²) in [5.74, 6) is 0.573. The minimum atomic E-state index is 0.318. The Morgan fingerprint density at radius 2 is 1.88 bits per heavy atom. The van der Waals surface area contributed by atoms with Gasteiger partial charge in [0.25, 0.3) is 0 Å².